The van der Waals surface area contributed by atoms with Crippen LogP contribution in [0.25, 0.3) is 0 Å². The van der Waals surface area contributed by atoms with Crippen LogP contribution >= 0.6 is 7.37 Å². The maximum absolute atomic E-state index is 14.4. The fraction of sp³-hybridized carbons (Fsp3) is 0.235. The molecule has 0 N–H and O–H groups in total. The zero-order valence-corrected chi connectivity index (χ0v) is 23.9. The van der Waals surface area contributed by atoms with E-state index in [9.17, 15) is 14.2 Å². The summed E-state index contributed by atoms with van der Waals surface area (Å²) >= 11 is 0. The molecule has 4 aromatic carbocycles. The second kappa shape index (κ2) is 15.7. The Hall–Kier alpha value is -3.99. The molecule has 0 spiro atoms. The SMILES string of the molecule is O=C(CCC(CP(=O)(Cc1ccccc1)OCc1ccccc1)C(=O)OCc1ccccc1)OCc1ccccc1. The largest absolute Gasteiger partial charge is 0.461 e. The molecule has 0 aliphatic carbocycles. The normalized spacial score (nSPS) is 13.1. The quantitative estimate of drug-likeness (QED) is 0.108. The maximum atomic E-state index is 14.4. The van der Waals surface area contributed by atoms with Crippen molar-refractivity contribution >= 4 is 19.3 Å². The molecule has 4 rings (SSSR count). The van der Waals surface area contributed by atoms with Crippen LogP contribution < -0.4 is 0 Å². The highest BCUT2D eigenvalue weighted by atomic mass is 31.2. The van der Waals surface area contributed by atoms with Crippen LogP contribution in [0, 0.1) is 5.92 Å². The Kier molecular flexibility index (Phi) is 11.5. The van der Waals surface area contributed by atoms with Gasteiger partial charge in [0.25, 0.3) is 0 Å². The van der Waals surface area contributed by atoms with Crippen LogP contribution in [0.5, 0.6) is 0 Å². The van der Waals surface area contributed by atoms with Crippen LogP contribution in [0.2, 0.25) is 0 Å². The fourth-order valence-corrected chi connectivity index (χ4v) is 6.84. The summed E-state index contributed by atoms with van der Waals surface area (Å²) in [5.41, 5.74) is 3.45. The standard InChI is InChI=1S/C34H35O6P/c35-33(38-23-28-13-5-1-6-14-28)22-21-32(34(36)39-24-29-15-7-2-8-16-29)27-41(37,26-31-19-11-4-12-20-31)40-25-30-17-9-3-10-18-30/h1-20,32H,21-27H2. The Bertz CT molecular complexity index is 1390. The van der Waals surface area contributed by atoms with E-state index in [1.807, 2.05) is 121 Å². The van der Waals surface area contributed by atoms with E-state index >= 15 is 0 Å². The van der Waals surface area contributed by atoms with E-state index in [1.165, 1.54) is 0 Å². The van der Waals surface area contributed by atoms with Gasteiger partial charge in [0, 0.05) is 18.7 Å². The molecule has 0 aliphatic heterocycles. The summed E-state index contributed by atoms with van der Waals surface area (Å²) in [6.45, 7) is 0.383. The van der Waals surface area contributed by atoms with Gasteiger partial charge in [-0.3, -0.25) is 14.2 Å². The van der Waals surface area contributed by atoms with Crippen molar-refractivity contribution in [3.05, 3.63) is 144 Å². The predicted molar refractivity (Wildman–Crippen MR) is 159 cm³/mol. The van der Waals surface area contributed by atoms with Crippen LogP contribution in [0.15, 0.2) is 121 Å². The molecule has 0 saturated carbocycles. The highest BCUT2D eigenvalue weighted by Crippen LogP contribution is 2.53. The van der Waals surface area contributed by atoms with E-state index in [4.69, 9.17) is 14.0 Å². The van der Waals surface area contributed by atoms with Crippen LogP contribution in [0.3, 0.4) is 0 Å². The fourth-order valence-electron chi connectivity index (χ4n) is 4.36. The van der Waals surface area contributed by atoms with E-state index in [0.717, 1.165) is 22.3 Å². The highest BCUT2D eigenvalue weighted by Gasteiger charge is 2.33. The van der Waals surface area contributed by atoms with Gasteiger partial charge in [-0.1, -0.05) is 121 Å². The molecule has 0 saturated heterocycles. The van der Waals surface area contributed by atoms with Gasteiger partial charge < -0.3 is 14.0 Å². The van der Waals surface area contributed by atoms with Crippen molar-refractivity contribution < 1.29 is 28.2 Å². The molecule has 0 aromatic heterocycles. The minimum Gasteiger partial charge on any atom is -0.461 e. The smallest absolute Gasteiger partial charge is 0.309 e. The lowest BCUT2D eigenvalue weighted by Gasteiger charge is -2.24. The predicted octanol–water partition coefficient (Wildman–Crippen LogP) is 7.56. The van der Waals surface area contributed by atoms with Crippen molar-refractivity contribution in [2.45, 2.75) is 38.8 Å². The van der Waals surface area contributed by atoms with E-state index in [0.29, 0.717) is 0 Å². The minimum atomic E-state index is -3.39. The summed E-state index contributed by atoms with van der Waals surface area (Å²) in [4.78, 5) is 26.0. The summed E-state index contributed by atoms with van der Waals surface area (Å²) in [5.74, 6) is -1.76. The van der Waals surface area contributed by atoms with E-state index < -0.39 is 25.2 Å². The first kappa shape index (κ1) is 30.0. The summed E-state index contributed by atoms with van der Waals surface area (Å²) in [6, 6.07) is 37.7. The number of ether oxygens (including phenoxy) is 2. The molecule has 0 radical (unpaired) electrons. The van der Waals surface area contributed by atoms with Crippen molar-refractivity contribution in [3.63, 3.8) is 0 Å². The zero-order valence-electron chi connectivity index (χ0n) is 23.0. The van der Waals surface area contributed by atoms with Crippen LogP contribution in [-0.4, -0.2) is 18.1 Å². The monoisotopic (exact) mass is 570 g/mol. The molecule has 2 atom stereocenters. The average molecular weight is 571 g/mol. The Morgan fingerprint density at radius 2 is 1.02 bits per heavy atom. The number of carbonyl (C=O) groups excluding carboxylic acids is 2. The number of hydrogen-bond donors (Lipinski definition) is 0. The molecule has 0 bridgehead atoms. The summed E-state index contributed by atoms with van der Waals surface area (Å²) < 4.78 is 31.5. The summed E-state index contributed by atoms with van der Waals surface area (Å²) in [7, 11) is -3.39. The van der Waals surface area contributed by atoms with Gasteiger partial charge in [0.15, 0.2) is 0 Å². The van der Waals surface area contributed by atoms with Crippen molar-refractivity contribution in [1.29, 1.82) is 0 Å². The number of benzene rings is 4. The molecule has 0 amide bonds. The van der Waals surface area contributed by atoms with Crippen molar-refractivity contribution in [1.82, 2.24) is 0 Å². The molecular weight excluding hydrogens is 535 g/mol. The third-order valence-corrected chi connectivity index (χ3v) is 9.01. The van der Waals surface area contributed by atoms with Crippen molar-refractivity contribution in [3.8, 4) is 0 Å². The molecule has 212 valence electrons. The first-order valence-electron chi connectivity index (χ1n) is 13.7. The molecule has 0 aliphatic rings. The number of carbonyl (C=O) groups is 2. The zero-order chi connectivity index (χ0) is 28.8. The Morgan fingerprint density at radius 3 is 1.54 bits per heavy atom. The van der Waals surface area contributed by atoms with Gasteiger partial charge in [0.2, 0.25) is 7.37 Å². The molecule has 6 nitrogen and oxygen atoms in total. The molecule has 0 heterocycles. The molecular formula is C34H35O6P. The van der Waals surface area contributed by atoms with Gasteiger partial charge in [-0.15, -0.1) is 0 Å². The first-order valence-corrected chi connectivity index (χ1v) is 15.7. The Balaban J connectivity index is 1.47. The lowest BCUT2D eigenvalue weighted by Crippen LogP contribution is -2.24. The Labute approximate surface area is 241 Å². The van der Waals surface area contributed by atoms with Gasteiger partial charge in [-0.2, -0.15) is 0 Å². The average Bonchev–Trinajstić information content (AvgIpc) is 3.02. The third-order valence-electron chi connectivity index (χ3n) is 6.57. The van der Waals surface area contributed by atoms with Gasteiger partial charge in [-0.05, 0) is 28.7 Å². The second-order valence-corrected chi connectivity index (χ2v) is 12.4. The van der Waals surface area contributed by atoms with Crippen molar-refractivity contribution in [2.24, 2.45) is 5.92 Å². The molecule has 4 aromatic rings. The topological polar surface area (TPSA) is 78.9 Å². The van der Waals surface area contributed by atoms with Gasteiger partial charge in [0.1, 0.15) is 13.2 Å². The van der Waals surface area contributed by atoms with Gasteiger partial charge in [0.05, 0.1) is 12.5 Å². The Morgan fingerprint density at radius 1 is 0.585 bits per heavy atom. The molecule has 0 fully saturated rings. The summed E-state index contributed by atoms with van der Waals surface area (Å²) in [6.07, 6.45) is 0.243. The number of rotatable bonds is 15. The third kappa shape index (κ3) is 10.5. The molecule has 41 heavy (non-hydrogen) atoms. The lowest BCUT2D eigenvalue weighted by molar-refractivity contribution is -0.150. The summed E-state index contributed by atoms with van der Waals surface area (Å²) in [5, 5.41) is 0. The molecule has 7 heteroatoms. The van der Waals surface area contributed by atoms with Crippen LogP contribution in [-0.2, 0) is 54.1 Å². The van der Waals surface area contributed by atoms with E-state index in [2.05, 4.69) is 0 Å². The minimum absolute atomic E-state index is 0.0119. The van der Waals surface area contributed by atoms with Crippen molar-refractivity contribution in [2.75, 3.05) is 6.16 Å². The number of hydrogen-bond acceptors (Lipinski definition) is 6. The van der Waals surface area contributed by atoms with Crippen LogP contribution in [0.4, 0.5) is 0 Å². The van der Waals surface area contributed by atoms with E-state index in [1.54, 1.807) is 0 Å². The van der Waals surface area contributed by atoms with E-state index in [-0.39, 0.29) is 45.0 Å². The van der Waals surface area contributed by atoms with Crippen LogP contribution in [0.1, 0.15) is 35.1 Å². The van der Waals surface area contributed by atoms with Gasteiger partial charge >= 0.3 is 11.9 Å². The number of esters is 2. The molecule has 2 unspecified atom stereocenters. The maximum Gasteiger partial charge on any atom is 0.309 e. The first-order chi connectivity index (χ1) is 20.0. The highest BCUT2D eigenvalue weighted by molar-refractivity contribution is 7.58. The lowest BCUT2D eigenvalue weighted by atomic mass is 10.1. The van der Waals surface area contributed by atoms with Gasteiger partial charge in [-0.25, -0.2) is 0 Å². The second-order valence-electron chi connectivity index (χ2n) is 9.88.